The molecule has 0 aliphatic carbocycles. The van der Waals surface area contributed by atoms with E-state index in [0.717, 1.165) is 19.5 Å². The zero-order valence-electron chi connectivity index (χ0n) is 18.8. The van der Waals surface area contributed by atoms with Gasteiger partial charge in [-0.2, -0.15) is 0 Å². The van der Waals surface area contributed by atoms with E-state index in [0.29, 0.717) is 0 Å². The zero-order valence-corrected chi connectivity index (χ0v) is 18.8. The predicted octanol–water partition coefficient (Wildman–Crippen LogP) is 4.90. The largest absolute Gasteiger partial charge is 0.343 e. The maximum Gasteiger partial charge on any atom is 0.0485 e. The highest BCUT2D eigenvalue weighted by Crippen LogP contribution is 2.31. The molecule has 0 radical (unpaired) electrons. The average molecular weight is 417 g/mol. The normalized spacial score (nSPS) is 17.8. The summed E-state index contributed by atoms with van der Waals surface area (Å²) in [5.74, 6) is 0. The van der Waals surface area contributed by atoms with Crippen LogP contribution in [-0.4, -0.2) is 52.1 Å². The number of rotatable bonds is 8. The Hall–Kier alpha value is -2.17. The van der Waals surface area contributed by atoms with E-state index in [-0.39, 0.29) is 0 Å². The summed E-state index contributed by atoms with van der Waals surface area (Å²) >= 11 is 0. The summed E-state index contributed by atoms with van der Waals surface area (Å²) in [4.78, 5) is 9.60. The first-order valence-electron chi connectivity index (χ1n) is 12.3. The lowest BCUT2D eigenvalue weighted by atomic mass is 10.0. The molecule has 2 aromatic heterocycles. The van der Waals surface area contributed by atoms with Crippen LogP contribution in [0.2, 0.25) is 0 Å². The zero-order chi connectivity index (χ0) is 20.9. The summed E-state index contributed by atoms with van der Waals surface area (Å²) in [6, 6.07) is 13.3. The number of fused-ring (bicyclic) bond motifs is 3. The summed E-state index contributed by atoms with van der Waals surface area (Å²) < 4.78 is 2.65. The van der Waals surface area contributed by atoms with Crippen molar-refractivity contribution in [2.45, 2.75) is 58.0 Å². The van der Waals surface area contributed by atoms with Crippen molar-refractivity contribution in [2.75, 3.05) is 32.7 Å². The molecule has 0 unspecified atom stereocenters. The van der Waals surface area contributed by atoms with Gasteiger partial charge in [-0.05, 0) is 88.0 Å². The molecular formula is C27H36N4. The summed E-state index contributed by atoms with van der Waals surface area (Å²) in [6.07, 6.45) is 12.8. The van der Waals surface area contributed by atoms with Crippen molar-refractivity contribution in [1.82, 2.24) is 19.4 Å². The van der Waals surface area contributed by atoms with Crippen LogP contribution in [0.4, 0.5) is 0 Å². The van der Waals surface area contributed by atoms with Gasteiger partial charge in [-0.15, -0.1) is 0 Å². The van der Waals surface area contributed by atoms with Gasteiger partial charge in [-0.3, -0.25) is 9.88 Å². The fourth-order valence-electron chi connectivity index (χ4n) is 5.58. The highest BCUT2D eigenvalue weighted by Gasteiger charge is 2.23. The van der Waals surface area contributed by atoms with Crippen molar-refractivity contribution in [3.8, 4) is 0 Å². The Balaban J connectivity index is 1.25. The number of piperidine rings is 1. The standard InChI is InChI=1S/C27H36N4/c1-4-15-29(16-5-1)18-8-19-31-26-12-3-2-11-24(26)25-13-20-30(22-27(25)31)17-7-10-23-9-6-14-28-21-23/h2-3,6,9,11-12,14,21H,1,4-5,7-8,10,13,15-20,22H2. The Morgan fingerprint density at radius 1 is 0.806 bits per heavy atom. The molecule has 1 fully saturated rings. The van der Waals surface area contributed by atoms with E-state index < -0.39 is 0 Å². The van der Waals surface area contributed by atoms with Crippen LogP contribution < -0.4 is 0 Å². The molecule has 0 atom stereocenters. The molecular weight excluding hydrogens is 380 g/mol. The Bertz CT molecular complexity index is 972. The van der Waals surface area contributed by atoms with Crippen LogP contribution in [0.3, 0.4) is 0 Å². The molecule has 0 spiro atoms. The van der Waals surface area contributed by atoms with E-state index in [9.17, 15) is 0 Å². The van der Waals surface area contributed by atoms with Crippen LogP contribution in [0.15, 0.2) is 48.8 Å². The number of hydrogen-bond acceptors (Lipinski definition) is 3. The van der Waals surface area contributed by atoms with Crippen LogP contribution >= 0.6 is 0 Å². The molecule has 0 saturated carbocycles. The van der Waals surface area contributed by atoms with Gasteiger partial charge in [0.05, 0.1) is 0 Å². The highest BCUT2D eigenvalue weighted by atomic mass is 15.2. The minimum absolute atomic E-state index is 1.10. The molecule has 0 N–H and O–H groups in total. The first kappa shape index (κ1) is 20.7. The van der Waals surface area contributed by atoms with E-state index in [4.69, 9.17) is 0 Å². The second-order valence-corrected chi connectivity index (χ2v) is 9.34. The Morgan fingerprint density at radius 2 is 1.68 bits per heavy atom. The van der Waals surface area contributed by atoms with Gasteiger partial charge in [-0.1, -0.05) is 30.7 Å². The summed E-state index contributed by atoms with van der Waals surface area (Å²) in [6.45, 7) is 8.45. The molecule has 4 nitrogen and oxygen atoms in total. The topological polar surface area (TPSA) is 24.3 Å². The number of hydrogen-bond donors (Lipinski definition) is 0. The van der Waals surface area contributed by atoms with Gasteiger partial charge >= 0.3 is 0 Å². The Labute approximate surface area is 186 Å². The third kappa shape index (κ3) is 4.86. The van der Waals surface area contributed by atoms with E-state index >= 15 is 0 Å². The molecule has 31 heavy (non-hydrogen) atoms. The van der Waals surface area contributed by atoms with Crippen LogP contribution in [-0.2, 0) is 25.9 Å². The summed E-state index contributed by atoms with van der Waals surface area (Å²) in [5.41, 5.74) is 5.99. The Kier molecular flexibility index (Phi) is 6.66. The van der Waals surface area contributed by atoms with Gasteiger partial charge in [0, 0.05) is 48.6 Å². The maximum absolute atomic E-state index is 4.26. The van der Waals surface area contributed by atoms with Gasteiger partial charge in [0.15, 0.2) is 0 Å². The van der Waals surface area contributed by atoms with Gasteiger partial charge < -0.3 is 9.47 Å². The van der Waals surface area contributed by atoms with E-state index in [1.165, 1.54) is 87.7 Å². The van der Waals surface area contributed by atoms with Crippen molar-refractivity contribution in [2.24, 2.45) is 0 Å². The third-order valence-corrected chi connectivity index (χ3v) is 7.21. The molecule has 1 aromatic carbocycles. The summed E-state index contributed by atoms with van der Waals surface area (Å²) in [7, 11) is 0. The number of aryl methyl sites for hydroxylation is 2. The van der Waals surface area contributed by atoms with Gasteiger partial charge in [0.2, 0.25) is 0 Å². The second-order valence-electron chi connectivity index (χ2n) is 9.34. The fourth-order valence-corrected chi connectivity index (χ4v) is 5.58. The predicted molar refractivity (Wildman–Crippen MR) is 128 cm³/mol. The molecule has 2 aliphatic heterocycles. The van der Waals surface area contributed by atoms with Crippen molar-refractivity contribution in [1.29, 1.82) is 0 Å². The maximum atomic E-state index is 4.26. The van der Waals surface area contributed by atoms with E-state index in [1.54, 1.807) is 11.3 Å². The molecule has 5 rings (SSSR count). The first-order valence-corrected chi connectivity index (χ1v) is 12.3. The minimum atomic E-state index is 1.10. The molecule has 0 amide bonds. The monoisotopic (exact) mass is 416 g/mol. The SMILES string of the molecule is c1cncc(CCCN2CCc3c(n(CCCN4CCCCC4)c4ccccc34)C2)c1. The van der Waals surface area contributed by atoms with Gasteiger partial charge in [0.1, 0.15) is 0 Å². The summed E-state index contributed by atoms with van der Waals surface area (Å²) in [5, 5.41) is 1.49. The number of pyridine rings is 1. The van der Waals surface area contributed by atoms with E-state index in [2.05, 4.69) is 49.7 Å². The molecule has 164 valence electrons. The molecule has 4 heteroatoms. The van der Waals surface area contributed by atoms with Crippen molar-refractivity contribution >= 4 is 10.9 Å². The van der Waals surface area contributed by atoms with Crippen molar-refractivity contribution in [3.63, 3.8) is 0 Å². The second kappa shape index (κ2) is 9.97. The highest BCUT2D eigenvalue weighted by molar-refractivity contribution is 5.85. The quantitative estimate of drug-likeness (QED) is 0.522. The third-order valence-electron chi connectivity index (χ3n) is 7.21. The molecule has 2 aliphatic rings. The number of aromatic nitrogens is 2. The Morgan fingerprint density at radius 3 is 2.55 bits per heavy atom. The van der Waals surface area contributed by atoms with Crippen LogP contribution in [0, 0.1) is 0 Å². The van der Waals surface area contributed by atoms with Crippen LogP contribution in [0.5, 0.6) is 0 Å². The van der Waals surface area contributed by atoms with Crippen LogP contribution in [0.1, 0.15) is 48.9 Å². The van der Waals surface area contributed by atoms with Crippen molar-refractivity contribution < 1.29 is 0 Å². The van der Waals surface area contributed by atoms with Crippen molar-refractivity contribution in [3.05, 3.63) is 65.6 Å². The molecule has 3 aromatic rings. The number of nitrogens with zero attached hydrogens (tertiary/aromatic N) is 4. The fraction of sp³-hybridized carbons (Fsp3) is 0.519. The van der Waals surface area contributed by atoms with Crippen LogP contribution in [0.25, 0.3) is 10.9 Å². The lowest BCUT2D eigenvalue weighted by molar-refractivity contribution is 0.220. The minimum Gasteiger partial charge on any atom is -0.343 e. The van der Waals surface area contributed by atoms with Gasteiger partial charge in [-0.25, -0.2) is 0 Å². The lowest BCUT2D eigenvalue weighted by Gasteiger charge is -2.29. The number of likely N-dealkylation sites (tertiary alicyclic amines) is 1. The first-order chi connectivity index (χ1) is 15.4. The molecule has 4 heterocycles. The molecule has 0 bridgehead atoms. The smallest absolute Gasteiger partial charge is 0.0485 e. The number of benzene rings is 1. The van der Waals surface area contributed by atoms with Gasteiger partial charge in [0.25, 0.3) is 0 Å². The van der Waals surface area contributed by atoms with E-state index in [1.807, 2.05) is 18.5 Å². The lowest BCUT2D eigenvalue weighted by Crippen LogP contribution is -2.33. The molecule has 1 saturated heterocycles. The average Bonchev–Trinajstić information content (AvgIpc) is 3.14. The number of para-hydroxylation sites is 1.